The molecular weight excluding hydrogens is 308 g/mol. The van der Waals surface area contributed by atoms with E-state index in [0.29, 0.717) is 18.1 Å². The average molecular weight is 330 g/mol. The summed E-state index contributed by atoms with van der Waals surface area (Å²) in [6.45, 7) is 6.27. The monoisotopic (exact) mass is 330 g/mol. The number of carbonyl (C=O) groups is 1. The van der Waals surface area contributed by atoms with Crippen LogP contribution >= 0.6 is 11.3 Å². The summed E-state index contributed by atoms with van der Waals surface area (Å²) in [5, 5.41) is 0. The lowest BCUT2D eigenvalue weighted by Gasteiger charge is -2.28. The van der Waals surface area contributed by atoms with Crippen molar-refractivity contribution in [3.05, 3.63) is 16.6 Å². The molecule has 0 bridgehead atoms. The topological polar surface area (TPSA) is 59.5 Å². The number of aromatic nitrogens is 1. The van der Waals surface area contributed by atoms with E-state index in [1.54, 1.807) is 16.6 Å². The zero-order valence-corrected chi connectivity index (χ0v) is 14.3. The van der Waals surface area contributed by atoms with E-state index in [2.05, 4.69) is 4.98 Å². The lowest BCUT2D eigenvalue weighted by molar-refractivity contribution is 0.0241. The Morgan fingerprint density at radius 2 is 2.33 bits per heavy atom. The van der Waals surface area contributed by atoms with Gasteiger partial charge in [0.05, 0.1) is 11.3 Å². The molecule has 7 heteroatoms. The van der Waals surface area contributed by atoms with Crippen molar-refractivity contribution in [2.45, 2.75) is 51.0 Å². The fraction of sp³-hybridized carbons (Fsp3) is 0.714. The lowest BCUT2D eigenvalue weighted by Crippen LogP contribution is -2.42. The van der Waals surface area contributed by atoms with Crippen molar-refractivity contribution in [1.82, 2.24) is 9.88 Å². The first-order chi connectivity index (χ1) is 9.85. The van der Waals surface area contributed by atoms with E-state index in [9.17, 15) is 9.00 Å². The smallest absolute Gasteiger partial charge is 0.410 e. The SMILES string of the molecule is CC(C)(C)OC(=O)N1CCC[C@@H]1C[S@@](=O)Cc1cncs1. The van der Waals surface area contributed by atoms with Crippen LogP contribution in [-0.4, -0.2) is 44.1 Å². The third-order valence-electron chi connectivity index (χ3n) is 3.17. The van der Waals surface area contributed by atoms with Crippen LogP contribution in [0.5, 0.6) is 0 Å². The minimum Gasteiger partial charge on any atom is -0.444 e. The number of hydrogen-bond acceptors (Lipinski definition) is 5. The Kier molecular flexibility index (Phi) is 5.37. The van der Waals surface area contributed by atoms with Crippen molar-refractivity contribution >= 4 is 28.2 Å². The predicted molar refractivity (Wildman–Crippen MR) is 84.8 cm³/mol. The Labute approximate surface area is 132 Å². The summed E-state index contributed by atoms with van der Waals surface area (Å²) in [5.74, 6) is 1.03. The van der Waals surface area contributed by atoms with Gasteiger partial charge >= 0.3 is 6.09 Å². The molecule has 118 valence electrons. The molecular formula is C14H22N2O3S2. The average Bonchev–Trinajstić information content (AvgIpc) is 2.97. The van der Waals surface area contributed by atoms with Gasteiger partial charge in [-0.25, -0.2) is 4.79 Å². The molecule has 0 unspecified atom stereocenters. The predicted octanol–water partition coefficient (Wildman–Crippen LogP) is 2.79. The van der Waals surface area contributed by atoms with Gasteiger partial charge in [0.25, 0.3) is 0 Å². The fourth-order valence-electron chi connectivity index (χ4n) is 2.32. The third kappa shape index (κ3) is 5.07. The maximum atomic E-state index is 12.2. The van der Waals surface area contributed by atoms with E-state index in [1.165, 1.54) is 11.3 Å². The normalized spacial score (nSPS) is 20.5. The first kappa shape index (κ1) is 16.4. The molecule has 2 heterocycles. The molecule has 21 heavy (non-hydrogen) atoms. The summed E-state index contributed by atoms with van der Waals surface area (Å²) < 4.78 is 17.7. The lowest BCUT2D eigenvalue weighted by atomic mass is 10.2. The van der Waals surface area contributed by atoms with Crippen LogP contribution in [0.15, 0.2) is 11.7 Å². The van der Waals surface area contributed by atoms with Crippen LogP contribution in [0.4, 0.5) is 4.79 Å². The number of ether oxygens (including phenoxy) is 1. The van der Waals surface area contributed by atoms with Crippen LogP contribution in [0.1, 0.15) is 38.5 Å². The minimum absolute atomic E-state index is 0.0219. The van der Waals surface area contributed by atoms with Gasteiger partial charge in [0.15, 0.2) is 0 Å². The largest absolute Gasteiger partial charge is 0.444 e. The van der Waals surface area contributed by atoms with Crippen molar-refractivity contribution in [2.24, 2.45) is 0 Å². The first-order valence-corrected chi connectivity index (χ1v) is 9.44. The molecule has 0 radical (unpaired) electrons. The van der Waals surface area contributed by atoms with Crippen LogP contribution in [0.3, 0.4) is 0 Å². The van der Waals surface area contributed by atoms with Crippen LogP contribution in [0.25, 0.3) is 0 Å². The van der Waals surface area contributed by atoms with Gasteiger partial charge in [0.2, 0.25) is 0 Å². The molecule has 1 aromatic heterocycles. The molecule has 0 N–H and O–H groups in total. The number of rotatable bonds is 4. The number of carbonyl (C=O) groups excluding carboxylic acids is 1. The van der Waals surface area contributed by atoms with Crippen LogP contribution in [0.2, 0.25) is 0 Å². The summed E-state index contributed by atoms with van der Waals surface area (Å²) in [6, 6.07) is 0.0219. The number of likely N-dealkylation sites (tertiary alicyclic amines) is 1. The maximum Gasteiger partial charge on any atom is 0.410 e. The molecule has 1 saturated heterocycles. The van der Waals surface area contributed by atoms with Crippen molar-refractivity contribution < 1.29 is 13.7 Å². The minimum atomic E-state index is -0.979. The highest BCUT2D eigenvalue weighted by atomic mass is 32.2. The van der Waals surface area contributed by atoms with Crippen molar-refractivity contribution in [2.75, 3.05) is 12.3 Å². The van der Waals surface area contributed by atoms with E-state index in [4.69, 9.17) is 4.74 Å². The van der Waals surface area contributed by atoms with Gasteiger partial charge in [-0.15, -0.1) is 11.3 Å². The zero-order chi connectivity index (χ0) is 15.5. The standard InChI is InChI=1S/C14H22N2O3S2/c1-14(2,3)19-13(17)16-6-4-5-11(16)8-21(18)9-12-7-15-10-20-12/h7,10-11H,4-6,8-9H2,1-3H3/t11-,21-/m1/s1. The van der Waals surface area contributed by atoms with Crippen LogP contribution < -0.4 is 0 Å². The van der Waals surface area contributed by atoms with Gasteiger partial charge in [-0.1, -0.05) is 0 Å². The molecule has 1 aromatic rings. The zero-order valence-electron chi connectivity index (χ0n) is 12.7. The second-order valence-electron chi connectivity index (χ2n) is 6.19. The molecule has 0 aromatic carbocycles. The maximum absolute atomic E-state index is 12.2. The second kappa shape index (κ2) is 6.87. The van der Waals surface area contributed by atoms with Crippen molar-refractivity contribution in [3.63, 3.8) is 0 Å². The molecule has 1 aliphatic rings. The van der Waals surface area contributed by atoms with Crippen molar-refractivity contribution in [3.8, 4) is 0 Å². The molecule has 5 nitrogen and oxygen atoms in total. The Bertz CT molecular complexity index is 497. The molecule has 1 amide bonds. The molecule has 1 fully saturated rings. The first-order valence-electron chi connectivity index (χ1n) is 7.07. The van der Waals surface area contributed by atoms with E-state index in [-0.39, 0.29) is 12.1 Å². The Morgan fingerprint density at radius 3 is 2.95 bits per heavy atom. The van der Waals surface area contributed by atoms with Crippen LogP contribution in [-0.2, 0) is 21.3 Å². The van der Waals surface area contributed by atoms with E-state index < -0.39 is 16.4 Å². The molecule has 0 aliphatic carbocycles. The van der Waals surface area contributed by atoms with Gasteiger partial charge in [0, 0.05) is 40.2 Å². The van der Waals surface area contributed by atoms with Gasteiger partial charge < -0.3 is 9.64 Å². The van der Waals surface area contributed by atoms with E-state index >= 15 is 0 Å². The number of hydrogen-bond donors (Lipinski definition) is 0. The molecule has 2 atom stereocenters. The Hall–Kier alpha value is -0.950. The molecule has 0 saturated carbocycles. The second-order valence-corrected chi connectivity index (χ2v) is 8.66. The van der Waals surface area contributed by atoms with E-state index in [1.807, 2.05) is 20.8 Å². The van der Waals surface area contributed by atoms with Gasteiger partial charge in [-0.05, 0) is 33.6 Å². The quantitative estimate of drug-likeness (QED) is 0.852. The van der Waals surface area contributed by atoms with E-state index in [0.717, 1.165) is 17.7 Å². The summed E-state index contributed by atoms with van der Waals surface area (Å²) >= 11 is 1.51. The van der Waals surface area contributed by atoms with Gasteiger partial charge in [-0.3, -0.25) is 9.19 Å². The third-order valence-corrected chi connectivity index (χ3v) is 5.52. The molecule has 0 spiro atoms. The number of nitrogens with zero attached hydrogens (tertiary/aromatic N) is 2. The molecule has 1 aliphatic heterocycles. The van der Waals surface area contributed by atoms with Crippen LogP contribution in [0, 0.1) is 0 Å². The van der Waals surface area contributed by atoms with Gasteiger partial charge in [0.1, 0.15) is 5.60 Å². The summed E-state index contributed by atoms with van der Waals surface area (Å²) in [6.07, 6.45) is 3.30. The number of amides is 1. The number of thiazole rings is 1. The summed E-state index contributed by atoms with van der Waals surface area (Å²) in [7, 11) is -0.979. The summed E-state index contributed by atoms with van der Waals surface area (Å²) in [4.78, 5) is 18.9. The highest BCUT2D eigenvalue weighted by Gasteiger charge is 2.33. The Morgan fingerprint density at radius 1 is 1.57 bits per heavy atom. The Balaban J connectivity index is 1.89. The summed E-state index contributed by atoms with van der Waals surface area (Å²) in [5.41, 5.74) is 1.25. The molecule has 2 rings (SSSR count). The van der Waals surface area contributed by atoms with Crippen molar-refractivity contribution in [1.29, 1.82) is 0 Å². The highest BCUT2D eigenvalue weighted by molar-refractivity contribution is 7.84. The highest BCUT2D eigenvalue weighted by Crippen LogP contribution is 2.22. The fourth-order valence-corrected chi connectivity index (χ4v) is 4.65. The van der Waals surface area contributed by atoms with Gasteiger partial charge in [-0.2, -0.15) is 0 Å².